The van der Waals surface area contributed by atoms with Gasteiger partial charge in [0.1, 0.15) is 0 Å². The Morgan fingerprint density at radius 1 is 1.62 bits per heavy atom. The second-order valence-electron chi connectivity index (χ2n) is 3.43. The summed E-state index contributed by atoms with van der Waals surface area (Å²) in [6.45, 7) is 4.17. The first-order chi connectivity index (χ1) is 6.36. The maximum absolute atomic E-state index is 4.62. The molecule has 0 spiro atoms. The summed E-state index contributed by atoms with van der Waals surface area (Å²) < 4.78 is 2.27. The molecule has 13 heavy (non-hydrogen) atoms. The lowest BCUT2D eigenvalue weighted by Crippen LogP contribution is -2.24. The van der Waals surface area contributed by atoms with Crippen LogP contribution in [-0.4, -0.2) is 15.9 Å². The van der Waals surface area contributed by atoms with Crippen molar-refractivity contribution in [3.63, 3.8) is 0 Å². The van der Waals surface area contributed by atoms with Gasteiger partial charge in [0.2, 0.25) is 0 Å². The summed E-state index contributed by atoms with van der Waals surface area (Å²) in [5.41, 5.74) is 3.95. The van der Waals surface area contributed by atoms with Gasteiger partial charge in [0, 0.05) is 30.6 Å². The lowest BCUT2D eigenvalue weighted by molar-refractivity contribution is 0.619. The highest BCUT2D eigenvalue weighted by molar-refractivity contribution is 7.15. The SMILES string of the molecule is Cc1csc2nc3c(n12)CNCC3. The number of imidazole rings is 1. The molecule has 1 aliphatic rings. The van der Waals surface area contributed by atoms with Gasteiger partial charge in [-0.3, -0.25) is 4.40 Å². The molecule has 0 radical (unpaired) electrons. The maximum atomic E-state index is 4.62. The molecule has 2 aromatic rings. The van der Waals surface area contributed by atoms with Gasteiger partial charge in [-0.25, -0.2) is 4.98 Å². The van der Waals surface area contributed by atoms with Gasteiger partial charge in [0.25, 0.3) is 0 Å². The third kappa shape index (κ3) is 0.957. The quantitative estimate of drug-likeness (QED) is 0.684. The molecular formula is C9H11N3S. The van der Waals surface area contributed by atoms with E-state index in [1.807, 2.05) is 0 Å². The van der Waals surface area contributed by atoms with Crippen LogP contribution in [0.4, 0.5) is 0 Å². The van der Waals surface area contributed by atoms with Crippen molar-refractivity contribution in [3.8, 4) is 0 Å². The minimum absolute atomic E-state index is 0.966. The van der Waals surface area contributed by atoms with Crippen LogP contribution in [0.5, 0.6) is 0 Å². The predicted octanol–water partition coefficient (Wildman–Crippen LogP) is 1.35. The van der Waals surface area contributed by atoms with Gasteiger partial charge in [0.15, 0.2) is 4.96 Å². The third-order valence-electron chi connectivity index (χ3n) is 2.54. The summed E-state index contributed by atoms with van der Waals surface area (Å²) in [6.07, 6.45) is 1.07. The van der Waals surface area contributed by atoms with E-state index < -0.39 is 0 Å². The van der Waals surface area contributed by atoms with Crippen molar-refractivity contribution >= 4 is 16.3 Å². The molecule has 3 rings (SSSR count). The molecule has 0 amide bonds. The van der Waals surface area contributed by atoms with E-state index in [1.54, 1.807) is 11.3 Å². The summed E-state index contributed by atoms with van der Waals surface area (Å²) >= 11 is 1.73. The van der Waals surface area contributed by atoms with Crippen LogP contribution in [0.15, 0.2) is 5.38 Å². The Morgan fingerprint density at radius 2 is 2.54 bits per heavy atom. The molecule has 2 aromatic heterocycles. The maximum Gasteiger partial charge on any atom is 0.194 e. The highest BCUT2D eigenvalue weighted by Crippen LogP contribution is 2.22. The highest BCUT2D eigenvalue weighted by Gasteiger charge is 2.17. The van der Waals surface area contributed by atoms with Gasteiger partial charge in [-0.05, 0) is 6.92 Å². The van der Waals surface area contributed by atoms with Crippen LogP contribution < -0.4 is 5.32 Å². The number of hydrogen-bond donors (Lipinski definition) is 1. The Balaban J connectivity index is 2.36. The topological polar surface area (TPSA) is 29.3 Å². The summed E-state index contributed by atoms with van der Waals surface area (Å²) in [5.74, 6) is 0. The Hall–Kier alpha value is -0.870. The normalized spacial score (nSPS) is 16.4. The number of nitrogens with one attached hydrogen (secondary N) is 1. The molecule has 0 aliphatic carbocycles. The van der Waals surface area contributed by atoms with Crippen molar-refractivity contribution in [2.24, 2.45) is 0 Å². The van der Waals surface area contributed by atoms with Gasteiger partial charge < -0.3 is 5.32 Å². The molecule has 0 atom stereocenters. The van der Waals surface area contributed by atoms with Gasteiger partial charge in [-0.15, -0.1) is 11.3 Å². The zero-order chi connectivity index (χ0) is 8.84. The fraction of sp³-hybridized carbons (Fsp3) is 0.444. The Morgan fingerprint density at radius 3 is 3.46 bits per heavy atom. The summed E-state index contributed by atoms with van der Waals surface area (Å²) in [6, 6.07) is 0. The van der Waals surface area contributed by atoms with Crippen LogP contribution in [0.25, 0.3) is 4.96 Å². The number of nitrogens with zero attached hydrogens (tertiary/aromatic N) is 2. The third-order valence-corrected chi connectivity index (χ3v) is 3.49. The second-order valence-corrected chi connectivity index (χ2v) is 4.26. The molecule has 0 unspecified atom stereocenters. The van der Waals surface area contributed by atoms with E-state index in [9.17, 15) is 0 Å². The minimum Gasteiger partial charge on any atom is -0.311 e. The molecule has 3 heterocycles. The van der Waals surface area contributed by atoms with E-state index in [0.29, 0.717) is 0 Å². The van der Waals surface area contributed by atoms with Gasteiger partial charge in [-0.1, -0.05) is 0 Å². The lowest BCUT2D eigenvalue weighted by atomic mass is 10.2. The molecule has 68 valence electrons. The standard InChI is InChI=1S/C9H11N3S/c1-6-5-13-9-11-7-2-3-10-4-8(7)12(6)9/h5,10H,2-4H2,1H3. The Bertz CT molecular complexity index is 455. The average molecular weight is 193 g/mol. The van der Waals surface area contributed by atoms with E-state index >= 15 is 0 Å². The highest BCUT2D eigenvalue weighted by atomic mass is 32.1. The van der Waals surface area contributed by atoms with E-state index in [-0.39, 0.29) is 0 Å². The summed E-state index contributed by atoms with van der Waals surface area (Å²) in [7, 11) is 0. The fourth-order valence-corrected chi connectivity index (χ4v) is 2.81. The van der Waals surface area contributed by atoms with E-state index in [4.69, 9.17) is 0 Å². The molecule has 1 N–H and O–H groups in total. The molecule has 0 bridgehead atoms. The molecule has 4 heteroatoms. The molecule has 1 aliphatic heterocycles. The first-order valence-electron chi connectivity index (χ1n) is 4.51. The fourth-order valence-electron chi connectivity index (χ4n) is 1.90. The van der Waals surface area contributed by atoms with Crippen molar-refractivity contribution in [1.29, 1.82) is 0 Å². The number of hydrogen-bond acceptors (Lipinski definition) is 3. The van der Waals surface area contributed by atoms with E-state index in [2.05, 4.69) is 27.0 Å². The number of fused-ring (bicyclic) bond motifs is 3. The predicted molar refractivity (Wildman–Crippen MR) is 53.2 cm³/mol. The molecule has 3 nitrogen and oxygen atoms in total. The second kappa shape index (κ2) is 2.56. The van der Waals surface area contributed by atoms with E-state index in [1.165, 1.54) is 17.1 Å². The minimum atomic E-state index is 0.966. The Labute approximate surface area is 80.4 Å². The summed E-state index contributed by atoms with van der Waals surface area (Å²) in [4.78, 5) is 5.76. The van der Waals surface area contributed by atoms with Gasteiger partial charge in [-0.2, -0.15) is 0 Å². The largest absolute Gasteiger partial charge is 0.311 e. The van der Waals surface area contributed by atoms with Crippen LogP contribution in [0, 0.1) is 6.92 Å². The smallest absolute Gasteiger partial charge is 0.194 e. The number of rotatable bonds is 0. The zero-order valence-corrected chi connectivity index (χ0v) is 8.32. The van der Waals surface area contributed by atoms with Crippen LogP contribution in [0.1, 0.15) is 17.1 Å². The van der Waals surface area contributed by atoms with Crippen LogP contribution in [0.2, 0.25) is 0 Å². The van der Waals surface area contributed by atoms with Crippen molar-refractivity contribution in [2.75, 3.05) is 6.54 Å². The zero-order valence-electron chi connectivity index (χ0n) is 7.50. The van der Waals surface area contributed by atoms with Crippen molar-refractivity contribution in [1.82, 2.24) is 14.7 Å². The molecular weight excluding hydrogens is 182 g/mol. The summed E-state index contributed by atoms with van der Waals surface area (Å²) in [5, 5.41) is 5.54. The first kappa shape index (κ1) is 7.53. The molecule has 0 fully saturated rings. The molecule has 0 saturated carbocycles. The average Bonchev–Trinajstić information content (AvgIpc) is 2.66. The van der Waals surface area contributed by atoms with Gasteiger partial charge >= 0.3 is 0 Å². The Kier molecular flexibility index (Phi) is 1.48. The first-order valence-corrected chi connectivity index (χ1v) is 5.39. The monoisotopic (exact) mass is 193 g/mol. The van der Waals surface area contributed by atoms with Crippen LogP contribution >= 0.6 is 11.3 Å². The van der Waals surface area contributed by atoms with Crippen molar-refractivity contribution < 1.29 is 0 Å². The number of aryl methyl sites for hydroxylation is 1. The van der Waals surface area contributed by atoms with Crippen LogP contribution in [-0.2, 0) is 13.0 Å². The van der Waals surface area contributed by atoms with Gasteiger partial charge in [0.05, 0.1) is 11.4 Å². The van der Waals surface area contributed by atoms with Crippen molar-refractivity contribution in [3.05, 3.63) is 22.5 Å². The number of thiazole rings is 1. The van der Waals surface area contributed by atoms with Crippen molar-refractivity contribution in [2.45, 2.75) is 19.9 Å². The lowest BCUT2D eigenvalue weighted by Gasteiger charge is -2.12. The number of aromatic nitrogens is 2. The van der Waals surface area contributed by atoms with E-state index in [0.717, 1.165) is 24.5 Å². The molecule has 0 aromatic carbocycles. The molecule has 0 saturated heterocycles. The van der Waals surface area contributed by atoms with Crippen LogP contribution in [0.3, 0.4) is 0 Å².